The molecule has 0 bridgehead atoms. The molecule has 0 N–H and O–H groups in total. The van der Waals surface area contributed by atoms with Crippen LogP contribution in [0, 0.1) is 5.92 Å². The zero-order valence-electron chi connectivity index (χ0n) is 18.8. The molecule has 1 aliphatic carbocycles. The Morgan fingerprint density at radius 3 is 2.47 bits per heavy atom. The number of carbonyl (C=O) groups is 4. The first-order valence-electron chi connectivity index (χ1n) is 10.4. The summed E-state index contributed by atoms with van der Waals surface area (Å²) in [5.41, 5.74) is -0.216. The Labute approximate surface area is 186 Å². The van der Waals surface area contributed by atoms with Gasteiger partial charge in [-0.3, -0.25) is 4.79 Å². The highest BCUT2D eigenvalue weighted by molar-refractivity contribution is 5.93. The number of epoxide rings is 1. The smallest absolute Gasteiger partial charge is 0.341 e. The van der Waals surface area contributed by atoms with Gasteiger partial charge < -0.3 is 23.7 Å². The molecule has 32 heavy (non-hydrogen) atoms. The fourth-order valence-corrected chi connectivity index (χ4v) is 3.98. The molecular formula is C23H28O9. The van der Waals surface area contributed by atoms with Gasteiger partial charge in [-0.1, -0.05) is 18.2 Å². The van der Waals surface area contributed by atoms with E-state index in [1.807, 2.05) is 6.92 Å². The van der Waals surface area contributed by atoms with Crippen LogP contribution < -0.4 is 0 Å². The van der Waals surface area contributed by atoms with Crippen LogP contribution in [0.1, 0.15) is 40.5 Å². The lowest BCUT2D eigenvalue weighted by molar-refractivity contribution is -0.173. The zero-order chi connectivity index (χ0) is 23.8. The van der Waals surface area contributed by atoms with Crippen LogP contribution in [0.25, 0.3) is 0 Å². The summed E-state index contributed by atoms with van der Waals surface area (Å²) < 4.78 is 27.1. The van der Waals surface area contributed by atoms with Gasteiger partial charge in [0.05, 0.1) is 24.7 Å². The van der Waals surface area contributed by atoms with Gasteiger partial charge in [-0.05, 0) is 39.7 Å². The van der Waals surface area contributed by atoms with Gasteiger partial charge in [-0.15, -0.1) is 0 Å². The Morgan fingerprint density at radius 2 is 1.91 bits per heavy atom. The SMILES string of the molecule is C=C1C(=O)O[C@@H]2/C=C(\C)CCC=C(C(=O)OC)[C@H](OC(C)=O)[C@@H](OC(=O)[C@]3(C)O[C@@H]3C)[C@@H]12. The summed E-state index contributed by atoms with van der Waals surface area (Å²) in [6, 6.07) is 0. The summed E-state index contributed by atoms with van der Waals surface area (Å²) in [6.45, 7) is 10.2. The minimum absolute atomic E-state index is 0.0102. The van der Waals surface area contributed by atoms with Crippen LogP contribution in [0.15, 0.2) is 35.5 Å². The second kappa shape index (κ2) is 8.90. The summed E-state index contributed by atoms with van der Waals surface area (Å²) in [5, 5.41) is 0. The third-order valence-corrected chi connectivity index (χ3v) is 6.07. The van der Waals surface area contributed by atoms with E-state index in [0.29, 0.717) is 12.8 Å². The number of rotatable bonds is 4. The maximum absolute atomic E-state index is 13.0. The van der Waals surface area contributed by atoms with Crippen LogP contribution in [-0.2, 0) is 42.9 Å². The van der Waals surface area contributed by atoms with Gasteiger partial charge in [-0.2, -0.15) is 0 Å². The number of ether oxygens (including phenoxy) is 5. The normalized spacial score (nSPS) is 36.0. The van der Waals surface area contributed by atoms with E-state index in [-0.39, 0.29) is 17.3 Å². The van der Waals surface area contributed by atoms with E-state index in [1.165, 1.54) is 14.0 Å². The molecule has 2 saturated heterocycles. The van der Waals surface area contributed by atoms with E-state index in [4.69, 9.17) is 23.7 Å². The molecule has 2 heterocycles. The van der Waals surface area contributed by atoms with Crippen molar-refractivity contribution in [1.29, 1.82) is 0 Å². The molecule has 0 unspecified atom stereocenters. The highest BCUT2D eigenvalue weighted by atomic mass is 16.7. The van der Waals surface area contributed by atoms with E-state index in [9.17, 15) is 19.2 Å². The quantitative estimate of drug-likeness (QED) is 0.209. The molecule has 3 aliphatic rings. The average Bonchev–Trinajstić information content (AvgIpc) is 3.25. The summed E-state index contributed by atoms with van der Waals surface area (Å²) in [5.74, 6) is -3.70. The van der Waals surface area contributed by atoms with Crippen molar-refractivity contribution in [3.63, 3.8) is 0 Å². The average molecular weight is 448 g/mol. The first-order valence-corrected chi connectivity index (χ1v) is 10.4. The van der Waals surface area contributed by atoms with Gasteiger partial charge in [0.1, 0.15) is 6.10 Å². The lowest BCUT2D eigenvalue weighted by Gasteiger charge is -2.33. The number of methoxy groups -OCH3 is 1. The molecule has 0 saturated carbocycles. The molecule has 9 nitrogen and oxygen atoms in total. The first kappa shape index (κ1) is 23.7. The van der Waals surface area contributed by atoms with Crippen molar-refractivity contribution in [3.05, 3.63) is 35.5 Å². The molecule has 6 atom stereocenters. The first-order chi connectivity index (χ1) is 15.0. The van der Waals surface area contributed by atoms with Crippen molar-refractivity contribution in [3.8, 4) is 0 Å². The molecule has 3 rings (SSSR count). The van der Waals surface area contributed by atoms with Gasteiger partial charge in [0.2, 0.25) is 0 Å². The van der Waals surface area contributed by atoms with Gasteiger partial charge in [0, 0.05) is 12.5 Å². The maximum atomic E-state index is 13.0. The molecule has 0 amide bonds. The fraction of sp³-hybridized carbons (Fsp3) is 0.565. The molecule has 0 aromatic heterocycles. The molecule has 2 fully saturated rings. The standard InChI is InChI=1S/C23H28O9/c1-11-8-7-9-15(21(26)28-6)18(29-14(4)24)19(31-22(27)23(5)13(3)32-23)17-12(2)20(25)30-16(17)10-11/h9-10,13,16-19H,2,7-8H2,1,3-6H3/b11-10+,15-9?/t13-,16-,17+,18+,19+,23-/m1/s1. The Kier molecular flexibility index (Phi) is 6.59. The lowest BCUT2D eigenvalue weighted by Crippen LogP contribution is -2.47. The number of esters is 4. The molecule has 0 radical (unpaired) electrons. The molecule has 0 spiro atoms. The largest absolute Gasteiger partial charge is 0.466 e. The van der Waals surface area contributed by atoms with Crippen molar-refractivity contribution in [1.82, 2.24) is 0 Å². The van der Waals surface area contributed by atoms with Crippen LogP contribution in [0.5, 0.6) is 0 Å². The van der Waals surface area contributed by atoms with E-state index < -0.39 is 53.7 Å². The van der Waals surface area contributed by atoms with Crippen molar-refractivity contribution < 1.29 is 42.9 Å². The van der Waals surface area contributed by atoms with Gasteiger partial charge in [0.15, 0.2) is 17.8 Å². The predicted octanol–water partition coefficient (Wildman–Crippen LogP) is 1.94. The monoisotopic (exact) mass is 448 g/mol. The van der Waals surface area contributed by atoms with Gasteiger partial charge >= 0.3 is 23.9 Å². The Hall–Kier alpha value is -2.94. The topological polar surface area (TPSA) is 118 Å². The van der Waals surface area contributed by atoms with E-state index in [0.717, 1.165) is 5.57 Å². The predicted molar refractivity (Wildman–Crippen MR) is 110 cm³/mol. The van der Waals surface area contributed by atoms with Crippen molar-refractivity contribution >= 4 is 23.9 Å². The molecule has 0 aromatic rings. The van der Waals surface area contributed by atoms with Gasteiger partial charge in [-0.25, -0.2) is 14.4 Å². The van der Waals surface area contributed by atoms with E-state index in [1.54, 1.807) is 26.0 Å². The summed E-state index contributed by atoms with van der Waals surface area (Å²) >= 11 is 0. The number of allylic oxidation sites excluding steroid dienone is 2. The van der Waals surface area contributed by atoms with Crippen LogP contribution in [0.3, 0.4) is 0 Å². The van der Waals surface area contributed by atoms with Crippen LogP contribution in [0.4, 0.5) is 0 Å². The molecule has 2 aliphatic heterocycles. The number of carbonyl (C=O) groups excluding carboxylic acids is 4. The Bertz CT molecular complexity index is 914. The molecule has 0 aromatic carbocycles. The van der Waals surface area contributed by atoms with Gasteiger partial charge in [0.25, 0.3) is 0 Å². The summed E-state index contributed by atoms with van der Waals surface area (Å²) in [4.78, 5) is 50.0. The Balaban J connectivity index is 2.14. The van der Waals surface area contributed by atoms with Crippen molar-refractivity contribution in [2.24, 2.45) is 5.92 Å². The second-order valence-corrected chi connectivity index (χ2v) is 8.39. The Morgan fingerprint density at radius 1 is 1.25 bits per heavy atom. The van der Waals surface area contributed by atoms with E-state index >= 15 is 0 Å². The third kappa shape index (κ3) is 4.48. The van der Waals surface area contributed by atoms with Crippen LogP contribution >= 0.6 is 0 Å². The minimum Gasteiger partial charge on any atom is -0.466 e. The third-order valence-electron chi connectivity index (χ3n) is 6.07. The number of hydrogen-bond acceptors (Lipinski definition) is 9. The molecule has 174 valence electrons. The van der Waals surface area contributed by atoms with Crippen LogP contribution in [-0.4, -0.2) is 61.0 Å². The highest BCUT2D eigenvalue weighted by Crippen LogP contribution is 2.41. The minimum atomic E-state index is -1.34. The zero-order valence-corrected chi connectivity index (χ0v) is 18.8. The number of fused-ring (bicyclic) bond motifs is 1. The van der Waals surface area contributed by atoms with Crippen molar-refractivity contribution in [2.45, 2.75) is 70.6 Å². The number of hydrogen-bond donors (Lipinski definition) is 0. The highest BCUT2D eigenvalue weighted by Gasteiger charge is 2.59. The molecule has 9 heteroatoms. The maximum Gasteiger partial charge on any atom is 0.341 e. The second-order valence-electron chi connectivity index (χ2n) is 8.39. The fourth-order valence-electron chi connectivity index (χ4n) is 3.98. The van der Waals surface area contributed by atoms with Crippen molar-refractivity contribution in [2.75, 3.05) is 7.11 Å². The van der Waals surface area contributed by atoms with Crippen LogP contribution in [0.2, 0.25) is 0 Å². The summed E-state index contributed by atoms with van der Waals surface area (Å²) in [7, 11) is 1.20. The van der Waals surface area contributed by atoms with E-state index in [2.05, 4.69) is 6.58 Å². The lowest BCUT2D eigenvalue weighted by atomic mass is 9.83. The molecular weight excluding hydrogens is 420 g/mol. The summed E-state index contributed by atoms with van der Waals surface area (Å²) in [6.07, 6.45) is 0.540.